The second-order valence-corrected chi connectivity index (χ2v) is 8.17. The Hall–Kier alpha value is 0.0969. The van der Waals surface area contributed by atoms with Gasteiger partial charge in [0, 0.05) is 25.8 Å². The van der Waals surface area contributed by atoms with E-state index in [1.54, 1.807) is 0 Å². The topological polar surface area (TPSA) is 21.7 Å². The first-order valence-corrected chi connectivity index (χ1v) is 7.83. The molecule has 0 aromatic heterocycles. The van der Waals surface area contributed by atoms with Crippen LogP contribution in [0.1, 0.15) is 40.0 Å². The summed E-state index contributed by atoms with van der Waals surface area (Å²) in [5.74, 6) is 0. The summed E-state index contributed by atoms with van der Waals surface area (Å²) in [7, 11) is 1.51. The number of nitrogens with zero attached hydrogens (tertiary/aromatic N) is 1. The third-order valence-corrected chi connectivity index (χ3v) is 7.94. The molecule has 90 valence electrons. The molecule has 1 aliphatic heterocycles. The fourth-order valence-corrected chi connectivity index (χ4v) is 6.50. The van der Waals surface area contributed by atoms with E-state index < -0.39 is 8.72 Å². The molecule has 0 N–H and O–H groups in total. The Kier molecular flexibility index (Phi) is 4.77. The van der Waals surface area contributed by atoms with Gasteiger partial charge in [-0.2, -0.15) is 0 Å². The van der Waals surface area contributed by atoms with Gasteiger partial charge in [-0.3, -0.25) is 4.57 Å². The average molecular weight is 231 g/mol. The summed E-state index contributed by atoms with van der Waals surface area (Å²) in [5, 5.41) is 0. The van der Waals surface area contributed by atoms with E-state index in [0.717, 1.165) is 13.0 Å². The second kappa shape index (κ2) is 5.43. The highest BCUT2D eigenvalue weighted by Gasteiger charge is 2.52. The molecular weight excluding hydrogens is 206 g/mol. The molecule has 0 radical (unpaired) electrons. The fraction of sp³-hybridized carbons (Fsp3) is 1.00. The summed E-state index contributed by atoms with van der Waals surface area (Å²) in [5.41, 5.74) is 0.565. The van der Waals surface area contributed by atoms with Crippen molar-refractivity contribution in [2.75, 3.05) is 20.8 Å². The molecule has 0 bridgehead atoms. The van der Waals surface area contributed by atoms with Crippen LogP contribution in [0.2, 0.25) is 5.54 Å². The highest BCUT2D eigenvalue weighted by molar-refractivity contribution is 6.66. The van der Waals surface area contributed by atoms with Gasteiger partial charge in [0.1, 0.15) is 0 Å². The van der Waals surface area contributed by atoms with Crippen LogP contribution in [0.4, 0.5) is 0 Å². The lowest BCUT2D eigenvalue weighted by Gasteiger charge is -2.47. The Morgan fingerprint density at radius 1 is 1.40 bits per heavy atom. The van der Waals surface area contributed by atoms with Crippen molar-refractivity contribution in [3.8, 4) is 0 Å². The SMILES string of the molecule is CCC(C)N1CCCC(C)[Si]1(OC)OC. The summed E-state index contributed by atoms with van der Waals surface area (Å²) < 4.78 is 14.1. The second-order valence-electron chi connectivity index (χ2n) is 4.53. The summed E-state index contributed by atoms with van der Waals surface area (Å²) in [6.07, 6.45) is 3.67. The minimum atomic E-state index is -2.11. The van der Waals surface area contributed by atoms with E-state index in [0.29, 0.717) is 11.6 Å². The van der Waals surface area contributed by atoms with Gasteiger partial charge in [-0.05, 0) is 25.8 Å². The molecule has 0 amide bonds. The molecule has 2 unspecified atom stereocenters. The summed E-state index contributed by atoms with van der Waals surface area (Å²) in [4.78, 5) is 0. The van der Waals surface area contributed by atoms with Crippen LogP contribution in [0.5, 0.6) is 0 Å². The van der Waals surface area contributed by atoms with Crippen LogP contribution in [-0.4, -0.2) is 40.1 Å². The van der Waals surface area contributed by atoms with Crippen molar-refractivity contribution in [2.45, 2.75) is 51.6 Å². The van der Waals surface area contributed by atoms with Crippen LogP contribution >= 0.6 is 0 Å². The van der Waals surface area contributed by atoms with Crippen LogP contribution in [0.3, 0.4) is 0 Å². The van der Waals surface area contributed by atoms with Crippen LogP contribution in [0.25, 0.3) is 0 Å². The van der Waals surface area contributed by atoms with Crippen LogP contribution in [-0.2, 0) is 8.85 Å². The lowest BCUT2D eigenvalue weighted by Crippen LogP contribution is -2.65. The molecule has 1 rings (SSSR count). The molecule has 0 aromatic rings. The molecule has 2 atom stereocenters. The van der Waals surface area contributed by atoms with Gasteiger partial charge in [-0.1, -0.05) is 20.8 Å². The molecule has 0 aliphatic carbocycles. The maximum Gasteiger partial charge on any atom is 0.430 e. The molecule has 0 spiro atoms. The molecule has 3 nitrogen and oxygen atoms in total. The van der Waals surface area contributed by atoms with Crippen molar-refractivity contribution in [2.24, 2.45) is 0 Å². The number of hydrogen-bond donors (Lipinski definition) is 0. The van der Waals surface area contributed by atoms with Crippen molar-refractivity contribution >= 4 is 8.72 Å². The molecule has 1 fully saturated rings. The van der Waals surface area contributed by atoms with Crippen LogP contribution in [0.15, 0.2) is 0 Å². The zero-order chi connectivity index (χ0) is 11.5. The summed E-state index contributed by atoms with van der Waals surface area (Å²) in [6, 6.07) is 0.569. The van der Waals surface area contributed by atoms with E-state index in [4.69, 9.17) is 8.85 Å². The molecule has 1 aliphatic rings. The van der Waals surface area contributed by atoms with Crippen LogP contribution in [0, 0.1) is 0 Å². The van der Waals surface area contributed by atoms with Gasteiger partial charge >= 0.3 is 8.72 Å². The molecule has 0 saturated carbocycles. The predicted octanol–water partition coefficient (Wildman–Crippen LogP) is 2.50. The minimum absolute atomic E-state index is 0.565. The molecule has 0 aromatic carbocycles. The molecule has 1 heterocycles. The van der Waals surface area contributed by atoms with E-state index in [-0.39, 0.29) is 0 Å². The lowest BCUT2D eigenvalue weighted by atomic mass is 10.2. The zero-order valence-electron chi connectivity index (χ0n) is 10.7. The molecular formula is C11H25NO2Si. The van der Waals surface area contributed by atoms with E-state index in [9.17, 15) is 0 Å². The maximum atomic E-state index is 5.82. The van der Waals surface area contributed by atoms with Crippen molar-refractivity contribution in [1.29, 1.82) is 0 Å². The summed E-state index contributed by atoms with van der Waals surface area (Å²) in [6.45, 7) is 7.91. The van der Waals surface area contributed by atoms with Gasteiger partial charge < -0.3 is 8.85 Å². The molecule has 1 saturated heterocycles. The number of rotatable bonds is 4. The lowest BCUT2D eigenvalue weighted by molar-refractivity contribution is 0.111. The van der Waals surface area contributed by atoms with Crippen molar-refractivity contribution in [3.05, 3.63) is 0 Å². The molecule has 15 heavy (non-hydrogen) atoms. The average Bonchev–Trinajstić information content (AvgIpc) is 2.28. The van der Waals surface area contributed by atoms with Crippen molar-refractivity contribution in [1.82, 2.24) is 4.57 Å². The third-order valence-electron chi connectivity index (χ3n) is 3.77. The van der Waals surface area contributed by atoms with E-state index >= 15 is 0 Å². The van der Waals surface area contributed by atoms with Crippen molar-refractivity contribution < 1.29 is 8.85 Å². The smallest absolute Gasteiger partial charge is 0.386 e. The first kappa shape index (κ1) is 13.2. The van der Waals surface area contributed by atoms with Gasteiger partial charge in [0.05, 0.1) is 0 Å². The monoisotopic (exact) mass is 231 g/mol. The Labute approximate surface area is 95.1 Å². The Morgan fingerprint density at radius 3 is 2.47 bits per heavy atom. The number of hydrogen-bond acceptors (Lipinski definition) is 3. The predicted molar refractivity (Wildman–Crippen MR) is 64.9 cm³/mol. The molecule has 4 heteroatoms. The highest BCUT2D eigenvalue weighted by atomic mass is 28.4. The Morgan fingerprint density at radius 2 is 2.00 bits per heavy atom. The Bertz CT molecular complexity index is 197. The third kappa shape index (κ3) is 2.28. The van der Waals surface area contributed by atoms with Crippen LogP contribution < -0.4 is 0 Å². The largest absolute Gasteiger partial charge is 0.430 e. The van der Waals surface area contributed by atoms with Gasteiger partial charge in [-0.15, -0.1) is 0 Å². The normalized spacial score (nSPS) is 29.0. The Balaban J connectivity index is 2.89. The van der Waals surface area contributed by atoms with E-state index in [1.807, 2.05) is 14.2 Å². The first-order chi connectivity index (χ1) is 7.12. The summed E-state index contributed by atoms with van der Waals surface area (Å²) >= 11 is 0. The quantitative estimate of drug-likeness (QED) is 0.694. The fourth-order valence-electron chi connectivity index (χ4n) is 2.66. The highest BCUT2D eigenvalue weighted by Crippen LogP contribution is 2.36. The maximum absolute atomic E-state index is 5.82. The van der Waals surface area contributed by atoms with E-state index in [2.05, 4.69) is 25.3 Å². The standard InChI is InChI=1S/C11H25NO2Si/c1-6-10(2)12-9-7-8-11(3)15(12,13-4)14-5/h10-11H,6-9H2,1-5H3. The van der Waals surface area contributed by atoms with E-state index in [1.165, 1.54) is 12.8 Å². The van der Waals surface area contributed by atoms with Gasteiger partial charge in [0.2, 0.25) is 0 Å². The van der Waals surface area contributed by atoms with Gasteiger partial charge in [0.15, 0.2) is 0 Å². The van der Waals surface area contributed by atoms with Gasteiger partial charge in [-0.25, -0.2) is 0 Å². The zero-order valence-corrected chi connectivity index (χ0v) is 11.7. The minimum Gasteiger partial charge on any atom is -0.386 e. The first-order valence-electron chi connectivity index (χ1n) is 5.99. The van der Waals surface area contributed by atoms with Crippen molar-refractivity contribution in [3.63, 3.8) is 0 Å². The van der Waals surface area contributed by atoms with Gasteiger partial charge in [0.25, 0.3) is 0 Å².